The first-order valence-electron chi connectivity index (χ1n) is 2.83. The molecule has 54 valence electrons. The van der Waals surface area contributed by atoms with Crippen LogP contribution in [-0.4, -0.2) is 26.8 Å². The zero-order valence-corrected chi connectivity index (χ0v) is 6.18. The van der Waals surface area contributed by atoms with E-state index in [0.717, 1.165) is 0 Å². The smallest absolute Gasteiger partial charge is 0.555 e. The Morgan fingerprint density at radius 1 is 1.18 bits per heavy atom. The maximum Gasteiger partial charge on any atom is 1.00 e. The first-order valence-corrected chi connectivity index (χ1v) is 2.83. The Bertz CT molecular complexity index is 213. The Morgan fingerprint density at radius 2 is 1.82 bits per heavy atom. The topological polar surface area (TPSA) is 73.6 Å². The monoisotopic (exact) mass is 147 g/mol. The summed E-state index contributed by atoms with van der Waals surface area (Å²) in [6.07, 6.45) is 1.37. The van der Waals surface area contributed by atoms with Gasteiger partial charge >= 0.3 is 25.6 Å². The van der Waals surface area contributed by atoms with Crippen LogP contribution in [0.5, 0.6) is 0 Å². The molecule has 3 N–H and O–H groups in total. The third-order valence-corrected chi connectivity index (χ3v) is 1.08. The van der Waals surface area contributed by atoms with E-state index in [1.165, 1.54) is 12.3 Å². The van der Waals surface area contributed by atoms with Crippen LogP contribution < -0.4 is 24.5 Å². The van der Waals surface area contributed by atoms with E-state index in [1.54, 1.807) is 12.1 Å². The van der Waals surface area contributed by atoms with Gasteiger partial charge in [-0.2, -0.15) is 0 Å². The average Bonchev–Trinajstić information content (AvgIpc) is 1.88. The molecule has 11 heavy (non-hydrogen) atoms. The van der Waals surface area contributed by atoms with Crippen LogP contribution in [0.15, 0.2) is 24.4 Å². The molecule has 4 nitrogen and oxygen atoms in total. The molecule has 0 fully saturated rings. The Morgan fingerprint density at radius 3 is 2.09 bits per heavy atom. The van der Waals surface area contributed by atoms with Gasteiger partial charge in [-0.05, 0) is 11.7 Å². The van der Waals surface area contributed by atoms with E-state index >= 15 is 0 Å². The van der Waals surface area contributed by atoms with Gasteiger partial charge in [0.2, 0.25) is 0 Å². The summed E-state index contributed by atoms with van der Waals surface area (Å²) in [5.74, 6) is 0. The average molecular weight is 147 g/mol. The Labute approximate surface area is 76.1 Å². The summed E-state index contributed by atoms with van der Waals surface area (Å²) in [7, 11) is 0. The van der Waals surface area contributed by atoms with Crippen LogP contribution in [0.25, 0.3) is 0 Å². The first kappa shape index (κ1) is 10.7. The van der Waals surface area contributed by atoms with Crippen molar-refractivity contribution in [1.82, 2.24) is 4.98 Å². The minimum absolute atomic E-state index is 0. The van der Waals surface area contributed by atoms with E-state index in [9.17, 15) is 0 Å². The largest absolute Gasteiger partial charge is 1.00 e. The molecule has 0 saturated carbocycles. The van der Waals surface area contributed by atoms with Gasteiger partial charge in [0.25, 0.3) is 0 Å². The summed E-state index contributed by atoms with van der Waals surface area (Å²) in [6.45, 7) is -3.42. The molecule has 0 aliphatic rings. The molecule has 1 aromatic rings. The molecule has 0 aliphatic carbocycles. The van der Waals surface area contributed by atoms with Crippen molar-refractivity contribution in [2.24, 2.45) is 0 Å². The third-order valence-electron chi connectivity index (χ3n) is 1.08. The van der Waals surface area contributed by atoms with Gasteiger partial charge in [-0.3, -0.25) is 4.98 Å². The molecule has 0 radical (unpaired) electrons. The Balaban J connectivity index is 0.000001000. The van der Waals surface area contributed by atoms with Crippen LogP contribution in [0.1, 0.15) is 0 Å². The first-order chi connectivity index (χ1) is 4.61. The molecule has 6 heteroatoms. The number of aromatic nitrogens is 1. The van der Waals surface area contributed by atoms with E-state index < -0.39 is 6.75 Å². The molecule has 1 heterocycles. The van der Waals surface area contributed by atoms with E-state index in [0.29, 0.717) is 0 Å². The van der Waals surface area contributed by atoms with Gasteiger partial charge in [0.15, 0.2) is 0 Å². The number of rotatable bonds is 1. The predicted octanol–water partition coefficient (Wildman–Crippen LogP) is -4.79. The van der Waals surface area contributed by atoms with Crippen molar-refractivity contribution in [3.8, 4) is 0 Å². The molecule has 0 saturated heterocycles. The molecule has 0 amide bonds. The van der Waals surface area contributed by atoms with Crippen LogP contribution in [0, 0.1) is 0 Å². The summed E-state index contributed by atoms with van der Waals surface area (Å²) in [4.78, 5) is 3.53. The molecular weight excluding hydrogens is 140 g/mol. The van der Waals surface area contributed by atoms with Gasteiger partial charge in [0.1, 0.15) is 0 Å². The van der Waals surface area contributed by atoms with Crippen LogP contribution in [0.3, 0.4) is 0 Å². The second-order valence-corrected chi connectivity index (χ2v) is 1.99. The summed E-state index contributed by atoms with van der Waals surface area (Å²) >= 11 is 0. The maximum atomic E-state index is 8.60. The van der Waals surface area contributed by atoms with E-state index in [-0.39, 0.29) is 24.5 Å². The summed E-state index contributed by atoms with van der Waals surface area (Å²) in [6, 6.07) is 4.51. The second-order valence-electron chi connectivity index (χ2n) is 1.99. The summed E-state index contributed by atoms with van der Waals surface area (Å²) < 4.78 is 0. The molecule has 1 rings (SSSR count). The van der Waals surface area contributed by atoms with E-state index in [2.05, 4.69) is 4.98 Å². The number of nitrogens with zero attached hydrogens (tertiary/aromatic N) is 1. The van der Waals surface area contributed by atoms with Gasteiger partial charge in [-0.15, -0.1) is 0 Å². The van der Waals surface area contributed by atoms with E-state index in [1.807, 2.05) is 0 Å². The zero-order chi connectivity index (χ0) is 7.61. The van der Waals surface area contributed by atoms with Crippen molar-refractivity contribution in [2.75, 3.05) is 0 Å². The van der Waals surface area contributed by atoms with Crippen molar-refractivity contribution >= 4 is 12.3 Å². The van der Waals surface area contributed by atoms with Crippen molar-refractivity contribution in [2.45, 2.75) is 0 Å². The van der Waals surface area contributed by atoms with Gasteiger partial charge < -0.3 is 15.1 Å². The number of hydrogen-bond acceptors (Lipinski definition) is 4. The quantitative estimate of drug-likeness (QED) is 0.348. The maximum absolute atomic E-state index is 8.60. The van der Waals surface area contributed by atoms with Gasteiger partial charge in [-0.1, -0.05) is 12.1 Å². The third kappa shape index (κ3) is 3.06. The van der Waals surface area contributed by atoms with Crippen molar-refractivity contribution in [3.05, 3.63) is 24.4 Å². The fraction of sp³-hybridized carbons (Fsp3) is 0. The molecule has 0 atom stereocenters. The molecule has 0 aromatic carbocycles. The normalized spacial score (nSPS) is 10.5. The van der Waals surface area contributed by atoms with Crippen LogP contribution in [0.4, 0.5) is 0 Å². The number of pyridine rings is 1. The zero-order valence-electron chi connectivity index (χ0n) is 6.18. The fourth-order valence-corrected chi connectivity index (χ4v) is 0.605. The Kier molecular flexibility index (Phi) is 3.80. The summed E-state index contributed by atoms with van der Waals surface area (Å²) in [5.41, 5.74) is -0.123. The molecule has 0 unspecified atom stereocenters. The van der Waals surface area contributed by atoms with Crippen LogP contribution >= 0.6 is 0 Å². The fourth-order valence-electron chi connectivity index (χ4n) is 0.605. The minimum atomic E-state index is -3.42. The number of hydrogen-bond donors (Lipinski definition) is 3. The molecule has 1 aromatic heterocycles. The van der Waals surface area contributed by atoms with Gasteiger partial charge in [0, 0.05) is 6.20 Å². The van der Waals surface area contributed by atoms with Gasteiger partial charge in [-0.25, -0.2) is 0 Å². The molecule has 0 bridgehead atoms. The molecule has 0 spiro atoms. The van der Waals surface area contributed by atoms with Crippen LogP contribution in [-0.2, 0) is 0 Å². The van der Waals surface area contributed by atoms with E-state index in [4.69, 9.17) is 15.1 Å². The SMILES string of the molecule is O[B-](O)(O)c1ccccn1.[Li+]. The minimum Gasteiger partial charge on any atom is -0.555 e. The standard InChI is InChI=1S/C5H7BNO3.Li/c8-6(9,10)5-3-1-2-4-7-5;/h1-4,8-10H;/q-1;+1. The van der Waals surface area contributed by atoms with Crippen molar-refractivity contribution in [3.63, 3.8) is 0 Å². The molecular formula is C5H7BLiNO3. The Hall–Kier alpha value is -0.308. The van der Waals surface area contributed by atoms with Crippen molar-refractivity contribution < 1.29 is 33.9 Å². The van der Waals surface area contributed by atoms with Crippen LogP contribution in [0.2, 0.25) is 0 Å². The summed E-state index contributed by atoms with van der Waals surface area (Å²) in [5, 5.41) is 25.8. The predicted molar refractivity (Wildman–Crippen MR) is 36.3 cm³/mol. The molecule has 0 aliphatic heterocycles. The van der Waals surface area contributed by atoms with Gasteiger partial charge in [0.05, 0.1) is 0 Å². The van der Waals surface area contributed by atoms with Crippen molar-refractivity contribution in [1.29, 1.82) is 0 Å². The second kappa shape index (κ2) is 3.91.